The number of thioether (sulfide) groups is 1. The highest BCUT2D eigenvalue weighted by molar-refractivity contribution is 7.99. The predicted octanol–water partition coefficient (Wildman–Crippen LogP) is 1.70. The lowest BCUT2D eigenvalue weighted by molar-refractivity contribution is 0.406. The first kappa shape index (κ1) is 7.42. The molecule has 0 saturated carbocycles. The third-order valence-electron chi connectivity index (χ3n) is 1.83. The van der Waals surface area contributed by atoms with Crippen molar-refractivity contribution in [2.24, 2.45) is 5.92 Å². The summed E-state index contributed by atoms with van der Waals surface area (Å²) in [7, 11) is 0. The van der Waals surface area contributed by atoms with Crippen LogP contribution < -0.4 is 5.32 Å². The molecule has 0 aromatic carbocycles. The van der Waals surface area contributed by atoms with E-state index in [2.05, 4.69) is 19.2 Å². The zero-order valence-corrected chi connectivity index (χ0v) is 7.00. The van der Waals surface area contributed by atoms with Crippen LogP contribution in [0, 0.1) is 5.92 Å². The molecule has 0 amide bonds. The van der Waals surface area contributed by atoms with Crippen LogP contribution in [0.15, 0.2) is 0 Å². The van der Waals surface area contributed by atoms with Crippen LogP contribution in [0.3, 0.4) is 0 Å². The molecule has 0 bridgehead atoms. The van der Waals surface area contributed by atoms with E-state index in [-0.39, 0.29) is 0 Å². The summed E-state index contributed by atoms with van der Waals surface area (Å²) < 4.78 is 0. The standard InChI is InChI=1S/C7H15NS/c1-6(2)7-3-4-9-5-8-7/h6-8H,3-5H2,1-2H3. The van der Waals surface area contributed by atoms with E-state index in [4.69, 9.17) is 0 Å². The Morgan fingerprint density at radius 1 is 1.56 bits per heavy atom. The van der Waals surface area contributed by atoms with Crippen molar-refractivity contribution in [2.45, 2.75) is 26.3 Å². The highest BCUT2D eigenvalue weighted by Crippen LogP contribution is 2.15. The molecule has 0 radical (unpaired) electrons. The van der Waals surface area contributed by atoms with Gasteiger partial charge in [0.2, 0.25) is 0 Å². The van der Waals surface area contributed by atoms with E-state index < -0.39 is 0 Å². The molecule has 1 rings (SSSR count). The fourth-order valence-corrected chi connectivity index (χ4v) is 2.02. The minimum absolute atomic E-state index is 0.784. The Kier molecular flexibility index (Phi) is 2.86. The van der Waals surface area contributed by atoms with Crippen molar-refractivity contribution in [3.05, 3.63) is 0 Å². The Labute approximate surface area is 61.6 Å². The third kappa shape index (κ3) is 2.18. The highest BCUT2D eigenvalue weighted by Gasteiger charge is 2.14. The second-order valence-electron chi connectivity index (χ2n) is 2.90. The number of hydrogen-bond acceptors (Lipinski definition) is 2. The van der Waals surface area contributed by atoms with Gasteiger partial charge in [0.05, 0.1) is 0 Å². The largest absolute Gasteiger partial charge is 0.305 e. The fraction of sp³-hybridized carbons (Fsp3) is 1.00. The summed E-state index contributed by atoms with van der Waals surface area (Å²) in [4.78, 5) is 0. The molecule has 2 heteroatoms. The summed E-state index contributed by atoms with van der Waals surface area (Å²) in [6.45, 7) is 4.57. The van der Waals surface area contributed by atoms with Gasteiger partial charge in [0, 0.05) is 11.9 Å². The molecule has 1 aliphatic rings. The van der Waals surface area contributed by atoms with Crippen molar-refractivity contribution < 1.29 is 0 Å². The molecule has 9 heavy (non-hydrogen) atoms. The van der Waals surface area contributed by atoms with Crippen molar-refractivity contribution in [1.29, 1.82) is 0 Å². The molecule has 1 atom stereocenters. The second kappa shape index (κ2) is 3.47. The average molecular weight is 145 g/mol. The van der Waals surface area contributed by atoms with E-state index in [1.165, 1.54) is 12.2 Å². The highest BCUT2D eigenvalue weighted by atomic mass is 32.2. The van der Waals surface area contributed by atoms with Gasteiger partial charge in [-0.25, -0.2) is 0 Å². The van der Waals surface area contributed by atoms with Crippen LogP contribution in [0.1, 0.15) is 20.3 Å². The van der Waals surface area contributed by atoms with Gasteiger partial charge in [-0.15, -0.1) is 11.8 Å². The molecular weight excluding hydrogens is 130 g/mol. The molecule has 54 valence electrons. The molecule has 1 N–H and O–H groups in total. The maximum Gasteiger partial charge on any atom is 0.0420 e. The normalized spacial score (nSPS) is 29.0. The summed E-state index contributed by atoms with van der Waals surface area (Å²) in [6, 6.07) is 0.784. The zero-order chi connectivity index (χ0) is 6.69. The molecule has 1 saturated heterocycles. The first-order valence-corrected chi connectivity index (χ1v) is 4.77. The minimum atomic E-state index is 0.784. The lowest BCUT2D eigenvalue weighted by Gasteiger charge is -2.26. The van der Waals surface area contributed by atoms with Gasteiger partial charge in [0.25, 0.3) is 0 Å². The zero-order valence-electron chi connectivity index (χ0n) is 6.18. The van der Waals surface area contributed by atoms with E-state index in [1.54, 1.807) is 0 Å². The van der Waals surface area contributed by atoms with Gasteiger partial charge < -0.3 is 5.32 Å². The van der Waals surface area contributed by atoms with Crippen LogP contribution in [0.5, 0.6) is 0 Å². The minimum Gasteiger partial charge on any atom is -0.305 e. The molecule has 0 spiro atoms. The lowest BCUT2D eigenvalue weighted by Crippen LogP contribution is -2.37. The van der Waals surface area contributed by atoms with Crippen molar-refractivity contribution in [3.8, 4) is 0 Å². The van der Waals surface area contributed by atoms with Crippen LogP contribution in [0.2, 0.25) is 0 Å². The molecule has 0 aromatic rings. The molecule has 1 fully saturated rings. The smallest absolute Gasteiger partial charge is 0.0420 e. The van der Waals surface area contributed by atoms with Crippen LogP contribution in [0.4, 0.5) is 0 Å². The molecule has 1 nitrogen and oxygen atoms in total. The Bertz CT molecular complexity index is 77.0. The van der Waals surface area contributed by atoms with Gasteiger partial charge in [0.15, 0.2) is 0 Å². The molecular formula is C7H15NS. The summed E-state index contributed by atoms with van der Waals surface area (Å²) in [5.74, 6) is 3.31. The van der Waals surface area contributed by atoms with Crippen molar-refractivity contribution in [3.63, 3.8) is 0 Å². The summed E-state index contributed by atoms with van der Waals surface area (Å²) in [6.07, 6.45) is 1.35. The van der Waals surface area contributed by atoms with Gasteiger partial charge in [-0.1, -0.05) is 13.8 Å². The van der Waals surface area contributed by atoms with Gasteiger partial charge >= 0.3 is 0 Å². The molecule has 1 heterocycles. The van der Waals surface area contributed by atoms with E-state index in [0.29, 0.717) is 0 Å². The SMILES string of the molecule is CC(C)C1CCSCN1. The monoisotopic (exact) mass is 145 g/mol. The maximum atomic E-state index is 3.48. The van der Waals surface area contributed by atoms with E-state index in [9.17, 15) is 0 Å². The van der Waals surface area contributed by atoms with Crippen LogP contribution in [-0.2, 0) is 0 Å². The van der Waals surface area contributed by atoms with E-state index in [0.717, 1.165) is 17.8 Å². The first-order valence-electron chi connectivity index (χ1n) is 3.62. The average Bonchev–Trinajstić information content (AvgIpc) is 1.90. The molecule has 0 aromatic heterocycles. The van der Waals surface area contributed by atoms with Gasteiger partial charge in [-0.05, 0) is 18.1 Å². The first-order chi connectivity index (χ1) is 4.30. The Morgan fingerprint density at radius 2 is 2.33 bits per heavy atom. The lowest BCUT2D eigenvalue weighted by atomic mass is 10.0. The number of rotatable bonds is 1. The maximum absolute atomic E-state index is 3.48. The van der Waals surface area contributed by atoms with Gasteiger partial charge in [-0.2, -0.15) is 0 Å². The summed E-state index contributed by atoms with van der Waals surface area (Å²) >= 11 is 2.00. The quantitative estimate of drug-likeness (QED) is 0.602. The Morgan fingerprint density at radius 3 is 2.67 bits per heavy atom. The second-order valence-corrected chi connectivity index (χ2v) is 4.00. The van der Waals surface area contributed by atoms with Crippen LogP contribution in [-0.4, -0.2) is 17.7 Å². The summed E-state index contributed by atoms with van der Waals surface area (Å²) in [5.41, 5.74) is 0. The molecule has 1 unspecified atom stereocenters. The number of hydrogen-bond donors (Lipinski definition) is 1. The Balaban J connectivity index is 2.23. The van der Waals surface area contributed by atoms with Crippen LogP contribution >= 0.6 is 11.8 Å². The summed E-state index contributed by atoms with van der Waals surface area (Å²) in [5, 5.41) is 3.48. The Hall–Kier alpha value is 0.310. The van der Waals surface area contributed by atoms with Gasteiger partial charge in [-0.3, -0.25) is 0 Å². The molecule has 1 aliphatic heterocycles. The third-order valence-corrected chi connectivity index (χ3v) is 2.72. The van der Waals surface area contributed by atoms with E-state index in [1.807, 2.05) is 11.8 Å². The van der Waals surface area contributed by atoms with Crippen molar-refractivity contribution >= 4 is 11.8 Å². The van der Waals surface area contributed by atoms with Gasteiger partial charge in [0.1, 0.15) is 0 Å². The fourth-order valence-electron chi connectivity index (χ4n) is 1.12. The number of nitrogens with one attached hydrogen (secondary N) is 1. The van der Waals surface area contributed by atoms with Crippen molar-refractivity contribution in [1.82, 2.24) is 5.32 Å². The van der Waals surface area contributed by atoms with Crippen LogP contribution in [0.25, 0.3) is 0 Å². The van der Waals surface area contributed by atoms with E-state index >= 15 is 0 Å². The predicted molar refractivity (Wildman–Crippen MR) is 43.7 cm³/mol. The molecule has 0 aliphatic carbocycles. The van der Waals surface area contributed by atoms with Crippen molar-refractivity contribution in [2.75, 3.05) is 11.6 Å². The topological polar surface area (TPSA) is 12.0 Å².